The Labute approximate surface area is 145 Å². The number of thioether (sulfide) groups is 3. The van der Waals surface area contributed by atoms with Gasteiger partial charge in [-0.1, -0.05) is 57.7 Å². The van der Waals surface area contributed by atoms with Gasteiger partial charge in [-0.15, -0.1) is 46.6 Å². The van der Waals surface area contributed by atoms with Crippen molar-refractivity contribution >= 4 is 46.6 Å². The molecule has 0 aromatic carbocycles. The Hall–Kier alpha value is -0.0300. The van der Waals surface area contributed by atoms with E-state index in [1.165, 1.54) is 15.5 Å². The van der Waals surface area contributed by atoms with Crippen LogP contribution in [0.25, 0.3) is 0 Å². The molecule has 0 fully saturated rings. The van der Waals surface area contributed by atoms with Crippen LogP contribution in [0.15, 0.2) is 52.1 Å². The molecular weight excluding hydrogens is 332 g/mol. The fraction of sp³-hybridized carbons (Fsp3) is 0.412. The summed E-state index contributed by atoms with van der Waals surface area (Å²) in [5.74, 6) is 2.28. The number of allylic oxidation sites excluding steroid dienone is 4. The lowest BCUT2D eigenvalue weighted by Gasteiger charge is -2.25. The summed E-state index contributed by atoms with van der Waals surface area (Å²) < 4.78 is 0.659. The summed E-state index contributed by atoms with van der Waals surface area (Å²) in [6, 6.07) is 0. The summed E-state index contributed by atoms with van der Waals surface area (Å²) in [5, 5.41) is 2.34. The molecule has 1 atom stereocenters. The minimum atomic E-state index is 0.258. The Kier molecular flexibility index (Phi) is 6.60. The van der Waals surface area contributed by atoms with Crippen LogP contribution in [0.1, 0.15) is 25.6 Å². The van der Waals surface area contributed by atoms with E-state index in [2.05, 4.69) is 56.6 Å². The zero-order valence-electron chi connectivity index (χ0n) is 12.8. The molecule has 0 nitrogen and oxygen atoms in total. The van der Waals surface area contributed by atoms with Crippen LogP contribution in [0.2, 0.25) is 0 Å². The van der Waals surface area contributed by atoms with E-state index in [0.717, 1.165) is 5.75 Å². The van der Waals surface area contributed by atoms with E-state index in [9.17, 15) is 0 Å². The third-order valence-corrected chi connectivity index (χ3v) is 8.97. The lowest BCUT2D eigenvalue weighted by atomic mass is 9.95. The van der Waals surface area contributed by atoms with Crippen LogP contribution in [-0.4, -0.2) is 16.1 Å². The van der Waals surface area contributed by atoms with E-state index in [4.69, 9.17) is 0 Å². The average molecular weight is 355 g/mol. The minimum Gasteiger partial charge on any atom is -0.146 e. The Morgan fingerprint density at radius 3 is 2.86 bits per heavy atom. The summed E-state index contributed by atoms with van der Waals surface area (Å²) in [6.07, 6.45) is 10.1. The predicted octanol–water partition coefficient (Wildman–Crippen LogP) is 6.60. The molecule has 0 saturated heterocycles. The van der Waals surface area contributed by atoms with Crippen molar-refractivity contribution in [3.05, 3.63) is 47.2 Å². The highest BCUT2D eigenvalue weighted by Crippen LogP contribution is 2.51. The van der Waals surface area contributed by atoms with Gasteiger partial charge in [-0.2, -0.15) is 0 Å². The molecule has 1 aromatic heterocycles. The average Bonchev–Trinajstić information content (AvgIpc) is 2.85. The van der Waals surface area contributed by atoms with Gasteiger partial charge >= 0.3 is 0 Å². The molecule has 1 aliphatic heterocycles. The highest BCUT2D eigenvalue weighted by atomic mass is 32.2. The summed E-state index contributed by atoms with van der Waals surface area (Å²) in [5.41, 5.74) is 0.258. The second-order valence-corrected chi connectivity index (χ2v) is 10.4. The Bertz CT molecular complexity index is 531. The van der Waals surface area contributed by atoms with E-state index >= 15 is 0 Å². The molecule has 1 aromatic rings. The van der Waals surface area contributed by atoms with Gasteiger partial charge in [-0.25, -0.2) is 0 Å². The predicted molar refractivity (Wildman–Crippen MR) is 104 cm³/mol. The highest BCUT2D eigenvalue weighted by Gasteiger charge is 2.28. The molecule has 0 amide bonds. The van der Waals surface area contributed by atoms with Crippen LogP contribution >= 0.6 is 46.6 Å². The van der Waals surface area contributed by atoms with E-state index in [-0.39, 0.29) is 5.41 Å². The lowest BCUT2D eigenvalue weighted by Crippen LogP contribution is -2.13. The second kappa shape index (κ2) is 8.00. The largest absolute Gasteiger partial charge is 0.146 e. The number of fused-ring (bicyclic) bond motifs is 1. The molecule has 4 heteroatoms. The quantitative estimate of drug-likeness (QED) is 0.547. The molecule has 1 unspecified atom stereocenters. The smallest absolute Gasteiger partial charge is 0.0647 e. The monoisotopic (exact) mass is 354 g/mol. The van der Waals surface area contributed by atoms with Crippen molar-refractivity contribution in [2.45, 2.75) is 40.6 Å². The van der Waals surface area contributed by atoms with Gasteiger partial charge in [0.2, 0.25) is 0 Å². The molecule has 21 heavy (non-hydrogen) atoms. The molecular formula is C17H22S4. The SMILES string of the molecule is C=C/C=C\C=C/CSC1CSc2csc(C(C)(C)C)c2S1. The van der Waals surface area contributed by atoms with Crippen LogP contribution in [0.3, 0.4) is 0 Å². The van der Waals surface area contributed by atoms with Crippen molar-refractivity contribution < 1.29 is 0 Å². The first-order chi connectivity index (χ1) is 10.0. The second-order valence-electron chi connectivity index (χ2n) is 5.75. The first-order valence-corrected chi connectivity index (χ1v) is 10.8. The fourth-order valence-electron chi connectivity index (χ4n) is 1.91. The van der Waals surface area contributed by atoms with Gasteiger partial charge < -0.3 is 0 Å². The Morgan fingerprint density at radius 2 is 2.14 bits per heavy atom. The van der Waals surface area contributed by atoms with Crippen LogP contribution < -0.4 is 0 Å². The minimum absolute atomic E-state index is 0.258. The third-order valence-electron chi connectivity index (χ3n) is 2.89. The van der Waals surface area contributed by atoms with E-state index in [1.807, 2.05) is 47.0 Å². The molecule has 0 bridgehead atoms. The number of hydrogen-bond donors (Lipinski definition) is 0. The maximum absolute atomic E-state index is 3.67. The standard InChI is InChI=1S/C17H22S4/c1-5-6-7-8-9-10-18-14-12-19-13-11-20-16(15(13)21-14)17(2,3)4/h5-9,11,14H,1,10,12H2,2-4H3/b7-6-,9-8-. The fourth-order valence-corrected chi connectivity index (χ4v) is 7.68. The van der Waals surface area contributed by atoms with Crippen LogP contribution in [0.5, 0.6) is 0 Å². The summed E-state index contributed by atoms with van der Waals surface area (Å²) >= 11 is 8.06. The third kappa shape index (κ3) is 4.98. The van der Waals surface area contributed by atoms with Gasteiger partial charge in [0.05, 0.1) is 4.58 Å². The molecule has 0 N–H and O–H groups in total. The number of thiophene rings is 1. The topological polar surface area (TPSA) is 0 Å². The molecule has 0 spiro atoms. The van der Waals surface area contributed by atoms with Crippen LogP contribution in [0.4, 0.5) is 0 Å². The van der Waals surface area contributed by atoms with Gasteiger partial charge in [-0.05, 0) is 5.41 Å². The molecule has 2 rings (SSSR count). The zero-order chi connectivity index (χ0) is 15.3. The number of hydrogen-bond acceptors (Lipinski definition) is 4. The first kappa shape index (κ1) is 17.3. The Balaban J connectivity index is 1.93. The van der Waals surface area contributed by atoms with Crippen molar-refractivity contribution in [3.63, 3.8) is 0 Å². The van der Waals surface area contributed by atoms with E-state index in [0.29, 0.717) is 4.58 Å². The maximum atomic E-state index is 3.67. The van der Waals surface area contributed by atoms with Crippen molar-refractivity contribution in [2.24, 2.45) is 0 Å². The molecule has 0 saturated carbocycles. The molecule has 2 heterocycles. The van der Waals surface area contributed by atoms with Gasteiger partial charge in [-0.3, -0.25) is 0 Å². The Morgan fingerprint density at radius 1 is 1.33 bits per heavy atom. The van der Waals surface area contributed by atoms with Crippen molar-refractivity contribution in [2.75, 3.05) is 11.5 Å². The number of rotatable bonds is 5. The molecule has 1 aliphatic rings. The van der Waals surface area contributed by atoms with Crippen molar-refractivity contribution in [3.8, 4) is 0 Å². The normalized spacial score (nSPS) is 19.3. The summed E-state index contributed by atoms with van der Waals surface area (Å²) in [6.45, 7) is 10.6. The van der Waals surface area contributed by atoms with E-state index < -0.39 is 0 Å². The molecule has 114 valence electrons. The molecule has 0 radical (unpaired) electrons. The van der Waals surface area contributed by atoms with E-state index in [1.54, 1.807) is 11.0 Å². The highest BCUT2D eigenvalue weighted by molar-refractivity contribution is 8.19. The van der Waals surface area contributed by atoms with Gasteiger partial charge in [0.1, 0.15) is 0 Å². The van der Waals surface area contributed by atoms with Gasteiger partial charge in [0, 0.05) is 31.6 Å². The summed E-state index contributed by atoms with van der Waals surface area (Å²) in [7, 11) is 0. The van der Waals surface area contributed by atoms with Gasteiger partial charge in [0.15, 0.2) is 0 Å². The van der Waals surface area contributed by atoms with Crippen molar-refractivity contribution in [1.29, 1.82) is 0 Å². The van der Waals surface area contributed by atoms with Crippen molar-refractivity contribution in [1.82, 2.24) is 0 Å². The zero-order valence-corrected chi connectivity index (χ0v) is 16.1. The van der Waals surface area contributed by atoms with Crippen LogP contribution in [-0.2, 0) is 5.41 Å². The molecule has 0 aliphatic carbocycles. The lowest BCUT2D eigenvalue weighted by molar-refractivity contribution is 0.591. The van der Waals surface area contributed by atoms with Crippen LogP contribution in [0, 0.1) is 0 Å². The van der Waals surface area contributed by atoms with Gasteiger partial charge in [0.25, 0.3) is 0 Å². The summed E-state index contributed by atoms with van der Waals surface area (Å²) in [4.78, 5) is 4.58. The first-order valence-electron chi connectivity index (χ1n) is 6.99. The maximum Gasteiger partial charge on any atom is 0.0647 e.